The molecule has 5 nitrogen and oxygen atoms in total. The van der Waals surface area contributed by atoms with Gasteiger partial charge in [0, 0.05) is 48.7 Å². The van der Waals surface area contributed by atoms with E-state index in [1.807, 2.05) is 29.0 Å². The summed E-state index contributed by atoms with van der Waals surface area (Å²) in [6, 6.07) is 10.3. The molecule has 5 rings (SSSR count). The van der Waals surface area contributed by atoms with Crippen LogP contribution in [0.25, 0.3) is 16.8 Å². The molecule has 0 amide bonds. The molecule has 0 saturated carbocycles. The summed E-state index contributed by atoms with van der Waals surface area (Å²) >= 11 is 1.76. The van der Waals surface area contributed by atoms with Crippen LogP contribution in [0.4, 0.5) is 0 Å². The highest BCUT2D eigenvalue weighted by Gasteiger charge is 2.27. The van der Waals surface area contributed by atoms with E-state index in [2.05, 4.69) is 38.8 Å². The first-order chi connectivity index (χ1) is 12.8. The lowest BCUT2D eigenvalue weighted by atomic mass is 10.1. The molecule has 130 valence electrons. The van der Waals surface area contributed by atoms with Crippen molar-refractivity contribution >= 4 is 17.0 Å². The van der Waals surface area contributed by atoms with E-state index in [4.69, 9.17) is 10.1 Å². The van der Waals surface area contributed by atoms with Crippen LogP contribution in [0.3, 0.4) is 0 Å². The highest BCUT2D eigenvalue weighted by Crippen LogP contribution is 2.27. The zero-order chi connectivity index (χ0) is 17.3. The van der Waals surface area contributed by atoms with Gasteiger partial charge in [0.1, 0.15) is 0 Å². The van der Waals surface area contributed by atoms with Gasteiger partial charge >= 0.3 is 0 Å². The Morgan fingerprint density at radius 2 is 2.15 bits per heavy atom. The summed E-state index contributed by atoms with van der Waals surface area (Å²) in [5, 5.41) is 9.15. The normalized spacial score (nSPS) is 17.9. The molecule has 1 atom stereocenters. The van der Waals surface area contributed by atoms with Gasteiger partial charge in [0.15, 0.2) is 11.5 Å². The summed E-state index contributed by atoms with van der Waals surface area (Å²) in [7, 11) is 0. The molecule has 0 radical (unpaired) electrons. The predicted octanol–water partition coefficient (Wildman–Crippen LogP) is 3.84. The van der Waals surface area contributed by atoms with Crippen LogP contribution in [0.2, 0.25) is 0 Å². The quantitative estimate of drug-likeness (QED) is 0.554. The largest absolute Gasteiger partial charge is 0.298 e. The van der Waals surface area contributed by atoms with E-state index in [0.29, 0.717) is 5.92 Å². The molecule has 4 aromatic heterocycles. The number of hydrogen-bond acceptors (Lipinski definition) is 5. The molecule has 1 aliphatic heterocycles. The van der Waals surface area contributed by atoms with Gasteiger partial charge in [-0.15, -0.1) is 0 Å². The van der Waals surface area contributed by atoms with Crippen LogP contribution in [0.5, 0.6) is 0 Å². The molecule has 26 heavy (non-hydrogen) atoms. The Morgan fingerprint density at radius 1 is 1.15 bits per heavy atom. The third-order valence-electron chi connectivity index (χ3n) is 4.97. The molecule has 0 aliphatic carbocycles. The van der Waals surface area contributed by atoms with Crippen LogP contribution in [-0.4, -0.2) is 37.6 Å². The first-order valence-electron chi connectivity index (χ1n) is 8.85. The van der Waals surface area contributed by atoms with Gasteiger partial charge in [-0.2, -0.15) is 16.4 Å². The van der Waals surface area contributed by atoms with Crippen molar-refractivity contribution in [2.45, 2.75) is 18.9 Å². The molecule has 0 N–H and O–H groups in total. The smallest absolute Gasteiger partial charge is 0.156 e. The molecule has 6 heteroatoms. The molecular weight excluding hydrogens is 342 g/mol. The lowest BCUT2D eigenvalue weighted by Crippen LogP contribution is -2.19. The minimum atomic E-state index is 0.412. The standard InChI is InChI=1S/C20H19N5S/c1-2-16(10-21-7-1)17-3-4-19-22-20(23-25(19)13-17)18-5-8-24(12-18)11-15-6-9-26-14-15/h1-4,6-7,9-10,13-14,18H,5,8,11-12H2. The average molecular weight is 361 g/mol. The first kappa shape index (κ1) is 15.7. The SMILES string of the molecule is c1cncc(-c2ccc3nc(C4CCN(Cc5ccsc5)C4)nn3c2)c1. The Balaban J connectivity index is 1.36. The fourth-order valence-electron chi connectivity index (χ4n) is 3.61. The summed E-state index contributed by atoms with van der Waals surface area (Å²) in [5.41, 5.74) is 4.51. The van der Waals surface area contributed by atoms with E-state index < -0.39 is 0 Å². The zero-order valence-electron chi connectivity index (χ0n) is 14.3. The van der Waals surface area contributed by atoms with E-state index in [1.54, 1.807) is 17.5 Å². The van der Waals surface area contributed by atoms with E-state index in [1.165, 1.54) is 5.56 Å². The van der Waals surface area contributed by atoms with Crippen molar-refractivity contribution in [3.05, 3.63) is 71.1 Å². The van der Waals surface area contributed by atoms with Crippen LogP contribution in [-0.2, 0) is 6.54 Å². The maximum Gasteiger partial charge on any atom is 0.156 e. The van der Waals surface area contributed by atoms with Crippen molar-refractivity contribution in [3.63, 3.8) is 0 Å². The molecule has 1 aliphatic rings. The molecule has 1 unspecified atom stereocenters. The monoisotopic (exact) mass is 361 g/mol. The minimum absolute atomic E-state index is 0.412. The fraction of sp³-hybridized carbons (Fsp3) is 0.250. The van der Waals surface area contributed by atoms with Gasteiger partial charge in [0.05, 0.1) is 0 Å². The number of nitrogens with zero attached hydrogens (tertiary/aromatic N) is 5. The molecule has 5 heterocycles. The van der Waals surface area contributed by atoms with E-state index in [-0.39, 0.29) is 0 Å². The van der Waals surface area contributed by atoms with Gasteiger partial charge in [0.25, 0.3) is 0 Å². The zero-order valence-corrected chi connectivity index (χ0v) is 15.1. The van der Waals surface area contributed by atoms with E-state index in [0.717, 1.165) is 48.7 Å². The Labute approximate surface area is 156 Å². The van der Waals surface area contributed by atoms with Crippen molar-refractivity contribution in [3.8, 4) is 11.1 Å². The third-order valence-corrected chi connectivity index (χ3v) is 5.70. The highest BCUT2D eigenvalue weighted by atomic mass is 32.1. The Morgan fingerprint density at radius 3 is 3.00 bits per heavy atom. The second-order valence-corrected chi connectivity index (χ2v) is 7.56. The average Bonchev–Trinajstić information content (AvgIpc) is 3.42. The summed E-state index contributed by atoms with van der Waals surface area (Å²) in [5.74, 6) is 1.37. The van der Waals surface area contributed by atoms with Crippen molar-refractivity contribution in [1.29, 1.82) is 0 Å². The number of likely N-dealkylation sites (tertiary alicyclic amines) is 1. The Bertz CT molecular complexity index is 1010. The van der Waals surface area contributed by atoms with Gasteiger partial charge in [-0.1, -0.05) is 6.07 Å². The van der Waals surface area contributed by atoms with Crippen LogP contribution in [0.15, 0.2) is 59.7 Å². The lowest BCUT2D eigenvalue weighted by molar-refractivity contribution is 0.326. The number of rotatable bonds is 4. The van der Waals surface area contributed by atoms with Crippen LogP contribution in [0, 0.1) is 0 Å². The van der Waals surface area contributed by atoms with E-state index >= 15 is 0 Å². The molecule has 1 saturated heterocycles. The Kier molecular flexibility index (Phi) is 3.99. The Hall–Kier alpha value is -2.57. The van der Waals surface area contributed by atoms with Gasteiger partial charge < -0.3 is 0 Å². The topological polar surface area (TPSA) is 46.3 Å². The van der Waals surface area contributed by atoms with Gasteiger partial charge in [0.2, 0.25) is 0 Å². The summed E-state index contributed by atoms with van der Waals surface area (Å²) in [6.45, 7) is 3.16. The lowest BCUT2D eigenvalue weighted by Gasteiger charge is -2.13. The fourth-order valence-corrected chi connectivity index (χ4v) is 4.27. The predicted molar refractivity (Wildman–Crippen MR) is 103 cm³/mol. The van der Waals surface area contributed by atoms with Gasteiger partial charge in [-0.3, -0.25) is 9.88 Å². The number of fused-ring (bicyclic) bond motifs is 1. The van der Waals surface area contributed by atoms with Crippen molar-refractivity contribution in [2.75, 3.05) is 13.1 Å². The third kappa shape index (κ3) is 3.02. The molecule has 0 bridgehead atoms. The minimum Gasteiger partial charge on any atom is -0.298 e. The van der Waals surface area contributed by atoms with Crippen LogP contribution in [0.1, 0.15) is 23.7 Å². The summed E-state index contributed by atoms with van der Waals surface area (Å²) < 4.78 is 1.90. The highest BCUT2D eigenvalue weighted by molar-refractivity contribution is 7.07. The van der Waals surface area contributed by atoms with Crippen molar-refractivity contribution in [2.24, 2.45) is 0 Å². The van der Waals surface area contributed by atoms with Crippen LogP contribution < -0.4 is 0 Å². The second kappa shape index (κ2) is 6.63. The molecule has 0 aromatic carbocycles. The van der Waals surface area contributed by atoms with Gasteiger partial charge in [-0.05, 0) is 53.6 Å². The molecule has 4 aromatic rings. The molecular formula is C20H19N5S. The summed E-state index contributed by atoms with van der Waals surface area (Å²) in [4.78, 5) is 11.5. The van der Waals surface area contributed by atoms with E-state index in [9.17, 15) is 0 Å². The number of thiophene rings is 1. The number of aromatic nitrogens is 4. The maximum atomic E-state index is 4.77. The first-order valence-corrected chi connectivity index (χ1v) is 9.79. The number of pyridine rings is 2. The van der Waals surface area contributed by atoms with Crippen LogP contribution >= 0.6 is 11.3 Å². The van der Waals surface area contributed by atoms with Crippen molar-refractivity contribution in [1.82, 2.24) is 24.5 Å². The summed E-state index contributed by atoms with van der Waals surface area (Å²) in [6.07, 6.45) is 6.83. The molecule has 0 spiro atoms. The second-order valence-electron chi connectivity index (χ2n) is 6.78. The molecule has 1 fully saturated rings. The number of hydrogen-bond donors (Lipinski definition) is 0. The van der Waals surface area contributed by atoms with Crippen molar-refractivity contribution < 1.29 is 0 Å². The van der Waals surface area contributed by atoms with Gasteiger partial charge in [-0.25, -0.2) is 9.50 Å². The maximum absolute atomic E-state index is 4.77.